The molecule has 1 aliphatic rings. The number of likely N-dealkylation sites (N-methyl/N-ethyl adjacent to an activating group) is 1. The van der Waals surface area contributed by atoms with Crippen LogP contribution < -0.4 is 5.32 Å². The van der Waals surface area contributed by atoms with E-state index in [1.807, 2.05) is 0 Å². The van der Waals surface area contributed by atoms with E-state index in [2.05, 4.69) is 48.8 Å². The van der Waals surface area contributed by atoms with Gasteiger partial charge in [-0.3, -0.25) is 4.90 Å². The van der Waals surface area contributed by atoms with Gasteiger partial charge in [0.05, 0.1) is 0 Å². The van der Waals surface area contributed by atoms with Crippen molar-refractivity contribution in [1.29, 1.82) is 0 Å². The largest absolute Gasteiger partial charge is 0.384 e. The maximum Gasteiger partial charge on any atom is 0.0376 e. The summed E-state index contributed by atoms with van der Waals surface area (Å²) in [5.41, 5.74) is 5.40. The van der Waals surface area contributed by atoms with E-state index in [4.69, 9.17) is 0 Å². The van der Waals surface area contributed by atoms with Gasteiger partial charge in [0.25, 0.3) is 0 Å². The Hall–Kier alpha value is -1.28. The Bertz CT molecular complexity index is 409. The van der Waals surface area contributed by atoms with Crippen molar-refractivity contribution in [3.8, 4) is 0 Å². The van der Waals surface area contributed by atoms with Gasteiger partial charge in [0.15, 0.2) is 0 Å². The average Bonchev–Trinajstić information content (AvgIpc) is 2.74. The molecule has 2 rings (SSSR count). The molecular formula is C15H22N2. The van der Waals surface area contributed by atoms with Gasteiger partial charge in [0.2, 0.25) is 0 Å². The van der Waals surface area contributed by atoms with Crippen LogP contribution in [0.2, 0.25) is 0 Å². The molecule has 0 unspecified atom stereocenters. The maximum absolute atomic E-state index is 3.99. The van der Waals surface area contributed by atoms with Crippen molar-refractivity contribution in [1.82, 2.24) is 4.90 Å². The summed E-state index contributed by atoms with van der Waals surface area (Å²) >= 11 is 0. The van der Waals surface area contributed by atoms with Crippen LogP contribution in [0.15, 0.2) is 30.4 Å². The molecule has 0 radical (unpaired) electrons. The summed E-state index contributed by atoms with van der Waals surface area (Å²) in [6.07, 6.45) is 1.17. The Morgan fingerprint density at radius 3 is 3.00 bits per heavy atom. The van der Waals surface area contributed by atoms with E-state index in [1.54, 1.807) is 0 Å². The molecule has 0 fully saturated rings. The first-order valence-electron chi connectivity index (χ1n) is 6.41. The molecule has 0 aromatic heterocycles. The fraction of sp³-hybridized carbons (Fsp3) is 0.467. The summed E-state index contributed by atoms with van der Waals surface area (Å²) in [7, 11) is 0. The van der Waals surface area contributed by atoms with Crippen molar-refractivity contribution in [2.75, 3.05) is 25.0 Å². The van der Waals surface area contributed by atoms with E-state index < -0.39 is 0 Å². The normalized spacial score (nSPS) is 13.6. The molecule has 1 heterocycles. The number of hydrogen-bond donors (Lipinski definition) is 1. The predicted molar refractivity (Wildman–Crippen MR) is 74.4 cm³/mol. The molecule has 2 nitrogen and oxygen atoms in total. The van der Waals surface area contributed by atoms with Gasteiger partial charge < -0.3 is 5.32 Å². The van der Waals surface area contributed by atoms with Crippen LogP contribution in [0.4, 0.5) is 5.69 Å². The highest BCUT2D eigenvalue weighted by Gasteiger charge is 2.11. The summed E-state index contributed by atoms with van der Waals surface area (Å²) in [6, 6.07) is 6.82. The Morgan fingerprint density at radius 1 is 1.47 bits per heavy atom. The number of nitrogens with one attached hydrogen (secondary N) is 1. The first kappa shape index (κ1) is 12.2. The fourth-order valence-electron chi connectivity index (χ4n) is 2.36. The highest BCUT2D eigenvalue weighted by molar-refractivity contribution is 5.57. The second-order valence-electron chi connectivity index (χ2n) is 4.93. The van der Waals surface area contributed by atoms with Crippen molar-refractivity contribution in [3.05, 3.63) is 41.5 Å². The highest BCUT2D eigenvalue weighted by atomic mass is 15.1. The zero-order valence-electron chi connectivity index (χ0n) is 10.9. The van der Waals surface area contributed by atoms with Crippen molar-refractivity contribution >= 4 is 5.69 Å². The lowest BCUT2D eigenvalue weighted by Crippen LogP contribution is -2.24. The van der Waals surface area contributed by atoms with Crippen LogP contribution >= 0.6 is 0 Å². The molecule has 0 atom stereocenters. The lowest BCUT2D eigenvalue weighted by atomic mass is 10.1. The van der Waals surface area contributed by atoms with Crippen molar-refractivity contribution < 1.29 is 0 Å². The number of rotatable bonds is 5. The summed E-state index contributed by atoms with van der Waals surface area (Å²) in [4.78, 5) is 2.42. The van der Waals surface area contributed by atoms with Gasteiger partial charge in [-0.2, -0.15) is 0 Å². The van der Waals surface area contributed by atoms with Crippen LogP contribution in [0.3, 0.4) is 0 Å². The quantitative estimate of drug-likeness (QED) is 0.782. The molecule has 0 amide bonds. The molecule has 17 heavy (non-hydrogen) atoms. The third-order valence-electron chi connectivity index (χ3n) is 3.23. The molecule has 0 saturated carbocycles. The minimum Gasteiger partial charge on any atom is -0.384 e. The van der Waals surface area contributed by atoms with E-state index in [-0.39, 0.29) is 0 Å². The number of fused-ring (bicyclic) bond motifs is 1. The van der Waals surface area contributed by atoms with Crippen molar-refractivity contribution in [3.63, 3.8) is 0 Å². The third-order valence-corrected chi connectivity index (χ3v) is 3.23. The molecule has 92 valence electrons. The number of hydrogen-bond acceptors (Lipinski definition) is 2. The van der Waals surface area contributed by atoms with E-state index in [9.17, 15) is 0 Å². The predicted octanol–water partition coefficient (Wildman–Crippen LogP) is 3.05. The second-order valence-corrected chi connectivity index (χ2v) is 4.93. The van der Waals surface area contributed by atoms with Gasteiger partial charge in [0.1, 0.15) is 0 Å². The number of benzene rings is 1. The van der Waals surface area contributed by atoms with E-state index >= 15 is 0 Å². The van der Waals surface area contributed by atoms with Gasteiger partial charge in [-0.15, -0.1) is 0 Å². The van der Waals surface area contributed by atoms with Crippen molar-refractivity contribution in [2.45, 2.75) is 26.8 Å². The molecule has 1 aliphatic heterocycles. The first-order chi connectivity index (χ1) is 8.19. The molecule has 1 N–H and O–H groups in total. The molecule has 2 heteroatoms. The van der Waals surface area contributed by atoms with Gasteiger partial charge >= 0.3 is 0 Å². The van der Waals surface area contributed by atoms with E-state index in [1.165, 1.54) is 28.8 Å². The summed E-state index contributed by atoms with van der Waals surface area (Å²) in [5.74, 6) is 0. The van der Waals surface area contributed by atoms with Crippen molar-refractivity contribution in [2.24, 2.45) is 0 Å². The average molecular weight is 230 g/mol. The minimum absolute atomic E-state index is 0.987. The van der Waals surface area contributed by atoms with Gasteiger partial charge in [-0.25, -0.2) is 0 Å². The van der Waals surface area contributed by atoms with Crippen LogP contribution in [0, 0.1) is 0 Å². The number of nitrogens with zero attached hydrogens (tertiary/aromatic N) is 1. The monoisotopic (exact) mass is 230 g/mol. The lowest BCUT2D eigenvalue weighted by Gasteiger charge is -2.20. The Kier molecular flexibility index (Phi) is 3.85. The lowest BCUT2D eigenvalue weighted by molar-refractivity contribution is 0.304. The van der Waals surface area contributed by atoms with Gasteiger partial charge in [-0.1, -0.05) is 31.2 Å². The Balaban J connectivity index is 2.04. The van der Waals surface area contributed by atoms with Crippen LogP contribution in [0.25, 0.3) is 0 Å². The fourth-order valence-corrected chi connectivity index (χ4v) is 2.36. The Labute approximate surface area is 104 Å². The molecule has 0 aliphatic carbocycles. The Morgan fingerprint density at radius 2 is 2.29 bits per heavy atom. The second kappa shape index (κ2) is 5.37. The van der Waals surface area contributed by atoms with E-state index in [0.717, 1.165) is 26.2 Å². The SMILES string of the molecule is C=C(C)CN(CC)Cc1ccc2c(c1)NCC2. The minimum atomic E-state index is 0.987. The van der Waals surface area contributed by atoms with Crippen LogP contribution in [-0.4, -0.2) is 24.5 Å². The highest BCUT2D eigenvalue weighted by Crippen LogP contribution is 2.23. The summed E-state index contributed by atoms with van der Waals surface area (Å²) in [6.45, 7) is 12.4. The van der Waals surface area contributed by atoms with Crippen LogP contribution in [0.1, 0.15) is 25.0 Å². The molecule has 1 aromatic rings. The molecule has 0 spiro atoms. The molecule has 0 bridgehead atoms. The smallest absolute Gasteiger partial charge is 0.0376 e. The van der Waals surface area contributed by atoms with Gasteiger partial charge in [0, 0.05) is 25.3 Å². The van der Waals surface area contributed by atoms with E-state index in [0.29, 0.717) is 0 Å². The maximum atomic E-state index is 3.99. The zero-order valence-corrected chi connectivity index (χ0v) is 10.9. The van der Waals surface area contributed by atoms with Crippen LogP contribution in [0.5, 0.6) is 0 Å². The standard InChI is InChI=1S/C15H22N2/c1-4-17(10-12(2)3)11-13-5-6-14-7-8-16-15(14)9-13/h5-6,9,16H,2,4,7-8,10-11H2,1,3H3. The molecule has 1 aromatic carbocycles. The molecule has 0 saturated heterocycles. The zero-order chi connectivity index (χ0) is 12.3. The topological polar surface area (TPSA) is 15.3 Å². The molecular weight excluding hydrogens is 208 g/mol. The summed E-state index contributed by atoms with van der Waals surface area (Å²) in [5, 5.41) is 3.44. The van der Waals surface area contributed by atoms with Gasteiger partial charge in [-0.05, 0) is 37.1 Å². The van der Waals surface area contributed by atoms with Crippen LogP contribution in [-0.2, 0) is 13.0 Å². The number of anilines is 1. The summed E-state index contributed by atoms with van der Waals surface area (Å²) < 4.78 is 0. The first-order valence-corrected chi connectivity index (χ1v) is 6.41. The third kappa shape index (κ3) is 3.10.